The molecule has 1 heterocycles. The second-order valence-electron chi connectivity index (χ2n) is 5.30. The first-order valence-corrected chi connectivity index (χ1v) is 9.09. The molecular formula is C17H19BrN2O3S. The smallest absolute Gasteiger partial charge is 0.279 e. The van der Waals surface area contributed by atoms with E-state index in [-0.39, 0.29) is 12.5 Å². The molecule has 128 valence electrons. The van der Waals surface area contributed by atoms with Crippen molar-refractivity contribution in [3.8, 4) is 5.75 Å². The molecule has 2 aromatic rings. The zero-order valence-corrected chi connectivity index (χ0v) is 16.1. The molecule has 2 rings (SSSR count). The normalized spacial score (nSPS) is 10.3. The van der Waals surface area contributed by atoms with Crippen molar-refractivity contribution >= 4 is 39.1 Å². The Hall–Kier alpha value is -1.86. The standard InChI is InChI=1S/C17H19BrN2O3S/c1-4-14-11(3)8-15(24-14)17(22)20-19-16(21)9-23-13-6-5-10(2)7-12(13)18/h5-8H,4,9H2,1-3H3,(H,19,21)(H,20,22). The fraction of sp³-hybridized carbons (Fsp3) is 0.294. The van der Waals surface area contributed by atoms with Crippen molar-refractivity contribution in [1.82, 2.24) is 10.9 Å². The Kier molecular flexibility index (Phi) is 6.39. The zero-order chi connectivity index (χ0) is 17.7. The third-order valence-corrected chi connectivity index (χ3v) is 5.33. The van der Waals surface area contributed by atoms with Crippen LogP contribution in [-0.4, -0.2) is 18.4 Å². The van der Waals surface area contributed by atoms with Crippen LogP contribution in [0.5, 0.6) is 5.75 Å². The molecule has 0 atom stereocenters. The number of hydrogen-bond acceptors (Lipinski definition) is 4. The van der Waals surface area contributed by atoms with Gasteiger partial charge < -0.3 is 4.74 Å². The molecular weight excluding hydrogens is 392 g/mol. The molecule has 0 aliphatic rings. The molecule has 0 aliphatic carbocycles. The van der Waals surface area contributed by atoms with Crippen LogP contribution in [0.15, 0.2) is 28.7 Å². The molecule has 0 spiro atoms. The number of hydrogen-bond donors (Lipinski definition) is 2. The molecule has 0 saturated carbocycles. The van der Waals surface area contributed by atoms with Gasteiger partial charge in [0.1, 0.15) is 5.75 Å². The molecule has 2 N–H and O–H groups in total. The summed E-state index contributed by atoms with van der Waals surface area (Å²) in [7, 11) is 0. The number of amides is 2. The summed E-state index contributed by atoms with van der Waals surface area (Å²) in [4.78, 5) is 25.6. The average molecular weight is 411 g/mol. The lowest BCUT2D eigenvalue weighted by Gasteiger charge is -2.09. The van der Waals surface area contributed by atoms with E-state index in [4.69, 9.17) is 4.74 Å². The molecule has 1 aromatic carbocycles. The largest absolute Gasteiger partial charge is 0.483 e. The highest BCUT2D eigenvalue weighted by Gasteiger charge is 2.13. The Morgan fingerprint density at radius 3 is 2.58 bits per heavy atom. The van der Waals surface area contributed by atoms with E-state index in [2.05, 4.69) is 26.8 Å². The molecule has 0 aliphatic heterocycles. The summed E-state index contributed by atoms with van der Waals surface area (Å²) >= 11 is 4.81. The van der Waals surface area contributed by atoms with Gasteiger partial charge in [-0.15, -0.1) is 11.3 Å². The summed E-state index contributed by atoms with van der Waals surface area (Å²) in [6.07, 6.45) is 0.884. The van der Waals surface area contributed by atoms with Gasteiger partial charge in [0, 0.05) is 4.88 Å². The maximum absolute atomic E-state index is 12.0. The van der Waals surface area contributed by atoms with Crippen LogP contribution >= 0.6 is 27.3 Å². The van der Waals surface area contributed by atoms with Gasteiger partial charge in [-0.05, 0) is 65.5 Å². The van der Waals surface area contributed by atoms with E-state index >= 15 is 0 Å². The fourth-order valence-electron chi connectivity index (χ4n) is 2.07. The minimum Gasteiger partial charge on any atom is -0.483 e. The summed E-state index contributed by atoms with van der Waals surface area (Å²) in [6.45, 7) is 5.79. The maximum Gasteiger partial charge on any atom is 0.279 e. The molecule has 0 saturated heterocycles. The molecule has 0 radical (unpaired) electrons. The molecule has 24 heavy (non-hydrogen) atoms. The third kappa shape index (κ3) is 4.82. The van der Waals surface area contributed by atoms with E-state index in [9.17, 15) is 9.59 Å². The molecule has 1 aromatic heterocycles. The van der Waals surface area contributed by atoms with E-state index in [1.54, 1.807) is 6.07 Å². The number of nitrogens with one attached hydrogen (secondary N) is 2. The minimum absolute atomic E-state index is 0.189. The van der Waals surface area contributed by atoms with Crippen LogP contribution < -0.4 is 15.6 Å². The van der Waals surface area contributed by atoms with E-state index in [1.807, 2.05) is 39.0 Å². The minimum atomic E-state index is -0.431. The number of carbonyl (C=O) groups is 2. The van der Waals surface area contributed by atoms with Crippen LogP contribution in [0, 0.1) is 13.8 Å². The van der Waals surface area contributed by atoms with Crippen LogP contribution in [0.2, 0.25) is 0 Å². The van der Waals surface area contributed by atoms with Crippen molar-refractivity contribution in [3.63, 3.8) is 0 Å². The maximum atomic E-state index is 12.0. The first-order chi connectivity index (χ1) is 11.4. The predicted octanol–water partition coefficient (Wildman–Crippen LogP) is 3.53. The summed E-state index contributed by atoms with van der Waals surface area (Å²) in [6, 6.07) is 7.40. The van der Waals surface area contributed by atoms with Gasteiger partial charge >= 0.3 is 0 Å². The number of rotatable bonds is 5. The molecule has 5 nitrogen and oxygen atoms in total. The number of hydrazine groups is 1. The highest BCUT2D eigenvalue weighted by atomic mass is 79.9. The Morgan fingerprint density at radius 1 is 1.21 bits per heavy atom. The Bertz CT molecular complexity index is 758. The lowest BCUT2D eigenvalue weighted by molar-refractivity contribution is -0.123. The van der Waals surface area contributed by atoms with Crippen LogP contribution in [0.1, 0.15) is 32.6 Å². The number of aryl methyl sites for hydroxylation is 3. The number of benzene rings is 1. The first-order valence-electron chi connectivity index (χ1n) is 7.48. The summed E-state index contributed by atoms with van der Waals surface area (Å²) < 4.78 is 6.20. The average Bonchev–Trinajstić information content (AvgIpc) is 2.92. The summed E-state index contributed by atoms with van der Waals surface area (Å²) in [5, 5.41) is 0. The van der Waals surface area contributed by atoms with Gasteiger partial charge in [-0.2, -0.15) is 0 Å². The van der Waals surface area contributed by atoms with Crippen molar-refractivity contribution in [2.45, 2.75) is 27.2 Å². The van der Waals surface area contributed by atoms with Crippen molar-refractivity contribution < 1.29 is 14.3 Å². The summed E-state index contributed by atoms with van der Waals surface area (Å²) in [5.41, 5.74) is 6.94. The lowest BCUT2D eigenvalue weighted by Crippen LogP contribution is -2.43. The van der Waals surface area contributed by atoms with Crippen molar-refractivity contribution in [2.75, 3.05) is 6.61 Å². The molecule has 0 fully saturated rings. The summed E-state index contributed by atoms with van der Waals surface area (Å²) in [5.74, 6) is -0.184. The van der Waals surface area contributed by atoms with Crippen molar-refractivity contribution in [2.24, 2.45) is 0 Å². The van der Waals surface area contributed by atoms with Gasteiger partial charge in [0.25, 0.3) is 11.8 Å². The van der Waals surface area contributed by atoms with Gasteiger partial charge in [0.05, 0.1) is 9.35 Å². The Labute approximate surface area is 153 Å². The molecule has 2 amide bonds. The van der Waals surface area contributed by atoms with E-state index in [0.717, 1.165) is 22.0 Å². The monoisotopic (exact) mass is 410 g/mol. The highest BCUT2D eigenvalue weighted by molar-refractivity contribution is 9.10. The zero-order valence-electron chi connectivity index (χ0n) is 13.7. The van der Waals surface area contributed by atoms with E-state index in [0.29, 0.717) is 10.6 Å². The fourth-order valence-corrected chi connectivity index (χ4v) is 3.69. The first kappa shape index (κ1) is 18.5. The third-order valence-electron chi connectivity index (χ3n) is 3.33. The lowest BCUT2D eigenvalue weighted by atomic mass is 10.2. The topological polar surface area (TPSA) is 67.4 Å². The molecule has 0 bridgehead atoms. The number of halogens is 1. The van der Waals surface area contributed by atoms with Crippen LogP contribution in [-0.2, 0) is 11.2 Å². The van der Waals surface area contributed by atoms with Crippen molar-refractivity contribution in [1.29, 1.82) is 0 Å². The van der Waals surface area contributed by atoms with Gasteiger partial charge in [-0.25, -0.2) is 0 Å². The van der Waals surface area contributed by atoms with Gasteiger partial charge in [0.15, 0.2) is 6.61 Å². The van der Waals surface area contributed by atoms with Crippen LogP contribution in [0.25, 0.3) is 0 Å². The molecule has 7 heteroatoms. The second kappa shape index (κ2) is 8.30. The number of ether oxygens (including phenoxy) is 1. The van der Waals surface area contributed by atoms with Gasteiger partial charge in [-0.1, -0.05) is 13.0 Å². The van der Waals surface area contributed by atoms with Crippen molar-refractivity contribution in [3.05, 3.63) is 49.6 Å². The SMILES string of the molecule is CCc1sc(C(=O)NNC(=O)COc2ccc(C)cc2Br)cc1C. The number of thiophene rings is 1. The van der Waals surface area contributed by atoms with Gasteiger partial charge in [0.2, 0.25) is 0 Å². The predicted molar refractivity (Wildman–Crippen MR) is 98.4 cm³/mol. The Morgan fingerprint density at radius 2 is 1.96 bits per heavy atom. The quantitative estimate of drug-likeness (QED) is 0.740. The second-order valence-corrected chi connectivity index (χ2v) is 7.29. The van der Waals surface area contributed by atoms with E-state index < -0.39 is 5.91 Å². The highest BCUT2D eigenvalue weighted by Crippen LogP contribution is 2.25. The molecule has 0 unspecified atom stereocenters. The van der Waals surface area contributed by atoms with Gasteiger partial charge in [-0.3, -0.25) is 20.4 Å². The number of carbonyl (C=O) groups excluding carboxylic acids is 2. The van der Waals surface area contributed by atoms with Crippen LogP contribution in [0.3, 0.4) is 0 Å². The van der Waals surface area contributed by atoms with E-state index in [1.165, 1.54) is 16.2 Å². The van der Waals surface area contributed by atoms with Crippen LogP contribution in [0.4, 0.5) is 0 Å². The Balaban J connectivity index is 1.83.